The molecule has 0 aromatic rings. The average molecular weight is 449 g/mol. The van der Waals surface area contributed by atoms with Crippen LogP contribution in [0.3, 0.4) is 0 Å². The van der Waals surface area contributed by atoms with E-state index < -0.39 is 0 Å². The van der Waals surface area contributed by atoms with Crippen LogP contribution in [0, 0.1) is 23.2 Å². The van der Waals surface area contributed by atoms with Gasteiger partial charge in [0.2, 0.25) is 23.6 Å². The number of hydrogen-bond acceptors (Lipinski definition) is 5. The molecule has 3 fully saturated rings. The van der Waals surface area contributed by atoms with Gasteiger partial charge in [0.05, 0.1) is 11.8 Å². The summed E-state index contributed by atoms with van der Waals surface area (Å²) in [5.41, 5.74) is -0.00221. The number of amides is 4. The van der Waals surface area contributed by atoms with E-state index in [1.807, 2.05) is 14.1 Å². The summed E-state index contributed by atoms with van der Waals surface area (Å²) in [4.78, 5) is 55.7. The Kier molecular flexibility index (Phi) is 7.96. The summed E-state index contributed by atoms with van der Waals surface area (Å²) in [6.07, 6.45) is 5.07. The highest BCUT2D eigenvalue weighted by Crippen LogP contribution is 2.38. The van der Waals surface area contributed by atoms with Gasteiger partial charge in [-0.2, -0.15) is 0 Å². The Morgan fingerprint density at radius 1 is 1.00 bits per heavy atom. The number of rotatable bonds is 8. The molecule has 3 rings (SSSR count). The molecule has 8 heteroatoms. The number of likely N-dealkylation sites (tertiary alicyclic amines) is 2. The molecule has 0 bridgehead atoms. The first-order valence-electron chi connectivity index (χ1n) is 12.1. The largest absolute Gasteiger partial charge is 0.355 e. The van der Waals surface area contributed by atoms with Crippen molar-refractivity contribution in [2.75, 3.05) is 46.8 Å². The molecular formula is C24H40N4O4. The first-order valence-corrected chi connectivity index (χ1v) is 12.1. The summed E-state index contributed by atoms with van der Waals surface area (Å²) in [7, 11) is 4.05. The van der Waals surface area contributed by atoms with Gasteiger partial charge in [-0.1, -0.05) is 26.7 Å². The second-order valence-corrected chi connectivity index (χ2v) is 10.9. The molecular weight excluding hydrogens is 408 g/mol. The smallest absolute Gasteiger partial charge is 0.233 e. The quantitative estimate of drug-likeness (QED) is 0.569. The number of piperidine rings is 1. The van der Waals surface area contributed by atoms with Gasteiger partial charge in [0.25, 0.3) is 0 Å². The summed E-state index contributed by atoms with van der Waals surface area (Å²) in [5, 5.41) is 3.09. The van der Waals surface area contributed by atoms with E-state index in [1.54, 1.807) is 4.90 Å². The molecule has 0 radical (unpaired) electrons. The summed E-state index contributed by atoms with van der Waals surface area (Å²) in [6.45, 7) is 7.08. The predicted molar refractivity (Wildman–Crippen MR) is 121 cm³/mol. The van der Waals surface area contributed by atoms with E-state index in [0.29, 0.717) is 32.5 Å². The number of imide groups is 1. The van der Waals surface area contributed by atoms with Gasteiger partial charge in [0.1, 0.15) is 0 Å². The molecule has 180 valence electrons. The molecule has 8 nitrogen and oxygen atoms in total. The van der Waals surface area contributed by atoms with Gasteiger partial charge in [0.15, 0.2) is 0 Å². The van der Waals surface area contributed by atoms with Crippen LogP contribution in [0.1, 0.15) is 58.8 Å². The van der Waals surface area contributed by atoms with Crippen molar-refractivity contribution in [1.82, 2.24) is 20.0 Å². The molecule has 0 aromatic carbocycles. The van der Waals surface area contributed by atoms with Crippen molar-refractivity contribution in [3.05, 3.63) is 0 Å². The Hall–Kier alpha value is -1.96. The van der Waals surface area contributed by atoms with Crippen molar-refractivity contribution < 1.29 is 19.2 Å². The normalized spacial score (nSPS) is 24.8. The van der Waals surface area contributed by atoms with E-state index in [0.717, 1.165) is 32.2 Å². The molecule has 1 aliphatic carbocycles. The molecule has 2 atom stereocenters. The lowest BCUT2D eigenvalue weighted by Crippen LogP contribution is -2.46. The number of nitrogens with one attached hydrogen (secondary N) is 1. The van der Waals surface area contributed by atoms with Crippen molar-refractivity contribution in [2.45, 2.75) is 58.8 Å². The standard InChI is InChI=1S/C24H40N4O4/c1-24(2,16-26(3)4)15-25-21(30)17-9-12-27(13-10-17)20(29)11-14-28-22(31)18-7-5-6-8-19(18)23(28)32/h17-19H,5-16H2,1-4H3,(H,25,30). The number of carbonyl (C=O) groups is 4. The van der Waals surface area contributed by atoms with Gasteiger partial charge in [-0.25, -0.2) is 0 Å². The highest BCUT2D eigenvalue weighted by atomic mass is 16.2. The molecule has 4 amide bonds. The maximum atomic E-state index is 12.7. The van der Waals surface area contributed by atoms with Crippen LogP contribution >= 0.6 is 0 Å². The van der Waals surface area contributed by atoms with Crippen molar-refractivity contribution in [3.63, 3.8) is 0 Å². The van der Waals surface area contributed by atoms with E-state index in [4.69, 9.17) is 0 Å². The highest BCUT2D eigenvalue weighted by Gasteiger charge is 2.48. The number of nitrogens with zero attached hydrogens (tertiary/aromatic N) is 3. The minimum Gasteiger partial charge on any atom is -0.355 e. The molecule has 32 heavy (non-hydrogen) atoms. The van der Waals surface area contributed by atoms with Gasteiger partial charge in [-0.15, -0.1) is 0 Å². The molecule has 0 spiro atoms. The third-order valence-corrected chi connectivity index (χ3v) is 7.19. The van der Waals surface area contributed by atoms with Gasteiger partial charge < -0.3 is 15.1 Å². The van der Waals surface area contributed by atoms with E-state index in [2.05, 4.69) is 24.1 Å². The zero-order valence-corrected chi connectivity index (χ0v) is 20.2. The van der Waals surface area contributed by atoms with Crippen LogP contribution in [-0.2, 0) is 19.2 Å². The van der Waals surface area contributed by atoms with E-state index >= 15 is 0 Å². The van der Waals surface area contributed by atoms with Crippen molar-refractivity contribution >= 4 is 23.6 Å². The second kappa shape index (κ2) is 10.3. The SMILES string of the molecule is CN(C)CC(C)(C)CNC(=O)C1CCN(C(=O)CCN2C(=O)C3CCCCC3C2=O)CC1. The van der Waals surface area contributed by atoms with Gasteiger partial charge in [0, 0.05) is 45.1 Å². The Morgan fingerprint density at radius 3 is 2.09 bits per heavy atom. The van der Waals surface area contributed by atoms with Crippen LogP contribution < -0.4 is 5.32 Å². The monoisotopic (exact) mass is 448 g/mol. The molecule has 2 unspecified atom stereocenters. The van der Waals surface area contributed by atoms with Crippen LogP contribution in [0.5, 0.6) is 0 Å². The number of hydrogen-bond donors (Lipinski definition) is 1. The van der Waals surface area contributed by atoms with E-state index in [9.17, 15) is 19.2 Å². The van der Waals surface area contributed by atoms with Crippen LogP contribution in [0.25, 0.3) is 0 Å². The van der Waals surface area contributed by atoms with E-state index in [1.165, 1.54) is 4.90 Å². The number of carbonyl (C=O) groups excluding carboxylic acids is 4. The maximum absolute atomic E-state index is 12.7. The zero-order chi connectivity index (χ0) is 23.5. The Morgan fingerprint density at radius 2 is 1.56 bits per heavy atom. The molecule has 2 heterocycles. The lowest BCUT2D eigenvalue weighted by molar-refractivity contribution is -0.141. The van der Waals surface area contributed by atoms with E-state index in [-0.39, 0.29) is 59.8 Å². The Bertz CT molecular complexity index is 704. The summed E-state index contributed by atoms with van der Waals surface area (Å²) >= 11 is 0. The van der Waals surface area contributed by atoms with Crippen LogP contribution in [-0.4, -0.2) is 85.1 Å². The highest BCUT2D eigenvalue weighted by molar-refractivity contribution is 6.05. The fraction of sp³-hybridized carbons (Fsp3) is 0.833. The van der Waals surface area contributed by atoms with Crippen molar-refractivity contribution in [2.24, 2.45) is 23.2 Å². The summed E-state index contributed by atoms with van der Waals surface area (Å²) < 4.78 is 0. The minimum atomic E-state index is -0.164. The average Bonchev–Trinajstić information content (AvgIpc) is 3.00. The first-order chi connectivity index (χ1) is 15.1. The molecule has 0 aromatic heterocycles. The minimum absolute atomic E-state index is 0.00221. The topological polar surface area (TPSA) is 90.0 Å². The van der Waals surface area contributed by atoms with Gasteiger partial charge in [-0.05, 0) is 45.2 Å². The van der Waals surface area contributed by atoms with Gasteiger partial charge in [-0.3, -0.25) is 24.1 Å². The van der Waals surface area contributed by atoms with Crippen molar-refractivity contribution in [1.29, 1.82) is 0 Å². The lowest BCUT2D eigenvalue weighted by atomic mass is 9.81. The molecule has 1 N–H and O–H groups in total. The molecule has 2 saturated heterocycles. The van der Waals surface area contributed by atoms with Crippen LogP contribution in [0.4, 0.5) is 0 Å². The fourth-order valence-corrected chi connectivity index (χ4v) is 5.59. The van der Waals surface area contributed by atoms with Gasteiger partial charge >= 0.3 is 0 Å². The Labute approximate surface area is 192 Å². The molecule has 3 aliphatic rings. The van der Waals surface area contributed by atoms with Crippen LogP contribution in [0.2, 0.25) is 0 Å². The second-order valence-electron chi connectivity index (χ2n) is 10.9. The fourth-order valence-electron chi connectivity index (χ4n) is 5.59. The molecule has 2 aliphatic heterocycles. The Balaban J connectivity index is 1.40. The molecule has 1 saturated carbocycles. The lowest BCUT2D eigenvalue weighted by Gasteiger charge is -2.33. The van der Waals surface area contributed by atoms with Crippen molar-refractivity contribution in [3.8, 4) is 0 Å². The maximum Gasteiger partial charge on any atom is 0.233 e. The third kappa shape index (κ3) is 5.88. The first kappa shape index (κ1) is 24.7. The predicted octanol–water partition coefficient (Wildman–Crippen LogP) is 1.49. The zero-order valence-electron chi connectivity index (χ0n) is 20.2. The van der Waals surface area contributed by atoms with Crippen LogP contribution in [0.15, 0.2) is 0 Å². The number of fused-ring (bicyclic) bond motifs is 1. The summed E-state index contributed by atoms with van der Waals surface area (Å²) in [6, 6.07) is 0. The summed E-state index contributed by atoms with van der Waals surface area (Å²) in [5.74, 6) is -0.530. The third-order valence-electron chi connectivity index (χ3n) is 7.19.